The molecule has 84 valence electrons. The Morgan fingerprint density at radius 1 is 1.56 bits per heavy atom. The molecule has 3 nitrogen and oxygen atoms in total. The minimum absolute atomic E-state index is 0.00547. The highest BCUT2D eigenvalue weighted by Gasteiger charge is 2.28. The number of aliphatic imine (C=N–C) groups is 1. The van der Waals surface area contributed by atoms with Crippen LogP contribution in [0.1, 0.15) is 13.3 Å². The lowest BCUT2D eigenvalue weighted by atomic mass is 10.3. The molecule has 1 aromatic carbocycles. The average molecular weight is 299 g/mol. The van der Waals surface area contributed by atoms with Gasteiger partial charge >= 0.3 is 0 Å². The van der Waals surface area contributed by atoms with Crippen LogP contribution in [0.15, 0.2) is 33.7 Å². The first kappa shape index (κ1) is 11.7. The molecule has 0 aliphatic carbocycles. The third-order valence-corrected chi connectivity index (χ3v) is 3.93. The Morgan fingerprint density at radius 3 is 3.00 bits per heavy atom. The second-order valence-electron chi connectivity index (χ2n) is 3.40. The normalized spacial score (nSPS) is 22.5. The molecule has 0 saturated carbocycles. The number of halogens is 1. The van der Waals surface area contributed by atoms with Gasteiger partial charge in [-0.2, -0.15) is 0 Å². The molecule has 0 aromatic heterocycles. The Hall–Kier alpha value is -0.810. The lowest BCUT2D eigenvalue weighted by Gasteiger charge is -1.97. The standard InChI is InChI=1S/C11H11BrN2OS/c1-2-9-10(15)14-11(16-9)13-8-5-3-4-7(12)6-8/h3-6,9H,2H2,1H3,(H,13,14,15)/t9-/m0/s1. The number of amides is 1. The summed E-state index contributed by atoms with van der Waals surface area (Å²) in [7, 11) is 0. The summed E-state index contributed by atoms with van der Waals surface area (Å²) in [6.07, 6.45) is 0.827. The van der Waals surface area contributed by atoms with E-state index in [1.165, 1.54) is 11.8 Å². The molecule has 1 aliphatic rings. The molecule has 0 radical (unpaired) electrons. The van der Waals surface area contributed by atoms with E-state index in [1.54, 1.807) is 0 Å². The Labute approximate surface area is 107 Å². The maximum Gasteiger partial charge on any atom is 0.239 e. The SMILES string of the molecule is CC[C@@H]1SC(=Nc2cccc(Br)c2)NC1=O. The number of rotatable bonds is 2. The van der Waals surface area contributed by atoms with Crippen LogP contribution in [-0.4, -0.2) is 16.3 Å². The molecule has 1 fully saturated rings. The molecule has 0 spiro atoms. The van der Waals surface area contributed by atoms with Crippen molar-refractivity contribution < 1.29 is 4.79 Å². The van der Waals surface area contributed by atoms with E-state index in [9.17, 15) is 4.79 Å². The number of nitrogens with one attached hydrogen (secondary N) is 1. The molecule has 2 rings (SSSR count). The van der Waals surface area contributed by atoms with Gasteiger partial charge in [0.05, 0.1) is 10.9 Å². The quantitative estimate of drug-likeness (QED) is 0.912. The van der Waals surface area contributed by atoms with Crippen LogP contribution in [-0.2, 0) is 4.79 Å². The number of hydrogen-bond acceptors (Lipinski definition) is 3. The van der Waals surface area contributed by atoms with E-state index in [1.807, 2.05) is 31.2 Å². The highest BCUT2D eigenvalue weighted by Crippen LogP contribution is 2.25. The minimum atomic E-state index is 0.00547. The summed E-state index contributed by atoms with van der Waals surface area (Å²) in [5.74, 6) is 0.0567. The third kappa shape index (κ3) is 2.65. The summed E-state index contributed by atoms with van der Waals surface area (Å²) >= 11 is 4.88. The van der Waals surface area contributed by atoms with Crippen molar-refractivity contribution in [3.05, 3.63) is 28.7 Å². The van der Waals surface area contributed by atoms with Crippen LogP contribution in [0.5, 0.6) is 0 Å². The smallest absolute Gasteiger partial charge is 0.239 e. The number of hydrogen-bond donors (Lipinski definition) is 1. The number of carbonyl (C=O) groups excluding carboxylic acids is 1. The van der Waals surface area contributed by atoms with Crippen molar-refractivity contribution in [1.29, 1.82) is 0 Å². The number of thioether (sulfide) groups is 1. The van der Waals surface area contributed by atoms with Gasteiger partial charge in [0.1, 0.15) is 0 Å². The van der Waals surface area contributed by atoms with Crippen molar-refractivity contribution in [3.63, 3.8) is 0 Å². The van der Waals surface area contributed by atoms with Gasteiger partial charge in [-0.3, -0.25) is 4.79 Å². The van der Waals surface area contributed by atoms with Gasteiger partial charge in [-0.1, -0.05) is 40.7 Å². The van der Waals surface area contributed by atoms with Crippen LogP contribution < -0.4 is 5.32 Å². The van der Waals surface area contributed by atoms with Crippen LogP contribution in [0.3, 0.4) is 0 Å². The molecule has 1 amide bonds. The van der Waals surface area contributed by atoms with Gasteiger partial charge in [0.25, 0.3) is 0 Å². The maximum atomic E-state index is 11.5. The lowest BCUT2D eigenvalue weighted by molar-refractivity contribution is -0.118. The van der Waals surface area contributed by atoms with E-state index in [-0.39, 0.29) is 11.2 Å². The second-order valence-corrected chi connectivity index (χ2v) is 5.51. The zero-order valence-corrected chi connectivity index (χ0v) is 11.1. The van der Waals surface area contributed by atoms with Crippen LogP contribution in [0.2, 0.25) is 0 Å². The van der Waals surface area contributed by atoms with Crippen LogP contribution in [0, 0.1) is 0 Å². The molecule has 1 atom stereocenters. The summed E-state index contributed by atoms with van der Waals surface area (Å²) in [6, 6.07) is 7.68. The van der Waals surface area contributed by atoms with Crippen molar-refractivity contribution in [1.82, 2.24) is 5.32 Å². The lowest BCUT2D eigenvalue weighted by Crippen LogP contribution is -2.24. The fraction of sp³-hybridized carbons (Fsp3) is 0.273. The summed E-state index contributed by atoms with van der Waals surface area (Å²) in [5.41, 5.74) is 0.842. The van der Waals surface area contributed by atoms with E-state index in [0.29, 0.717) is 5.17 Å². The second kappa shape index (κ2) is 5.01. The van der Waals surface area contributed by atoms with Crippen molar-refractivity contribution in [2.24, 2.45) is 4.99 Å². The van der Waals surface area contributed by atoms with E-state index < -0.39 is 0 Å². The average Bonchev–Trinajstić information content (AvgIpc) is 2.58. The van der Waals surface area contributed by atoms with Crippen LogP contribution in [0.25, 0.3) is 0 Å². The molecular weight excluding hydrogens is 288 g/mol. The number of nitrogens with zero attached hydrogens (tertiary/aromatic N) is 1. The summed E-state index contributed by atoms with van der Waals surface area (Å²) in [4.78, 5) is 15.8. The van der Waals surface area contributed by atoms with Gasteiger partial charge in [-0.15, -0.1) is 0 Å². The van der Waals surface area contributed by atoms with Gasteiger partial charge in [0.2, 0.25) is 5.91 Å². The largest absolute Gasteiger partial charge is 0.304 e. The molecule has 1 aliphatic heterocycles. The van der Waals surface area contributed by atoms with Gasteiger partial charge in [0, 0.05) is 4.47 Å². The summed E-state index contributed by atoms with van der Waals surface area (Å²) in [5, 5.41) is 3.48. The van der Waals surface area contributed by atoms with E-state index in [4.69, 9.17) is 0 Å². The third-order valence-electron chi connectivity index (χ3n) is 2.19. The Balaban J connectivity index is 2.17. The Bertz CT molecular complexity index is 447. The highest BCUT2D eigenvalue weighted by molar-refractivity contribution is 9.10. The zero-order chi connectivity index (χ0) is 11.5. The first-order valence-corrected chi connectivity index (χ1v) is 6.68. The predicted octanol–water partition coefficient (Wildman–Crippen LogP) is 3.08. The molecule has 1 aromatic rings. The van der Waals surface area contributed by atoms with E-state index in [0.717, 1.165) is 16.6 Å². The maximum absolute atomic E-state index is 11.5. The summed E-state index contributed by atoms with van der Waals surface area (Å²) in [6.45, 7) is 2.00. The van der Waals surface area contributed by atoms with E-state index >= 15 is 0 Å². The van der Waals surface area contributed by atoms with Crippen LogP contribution >= 0.6 is 27.7 Å². The molecule has 1 N–H and O–H groups in total. The molecule has 5 heteroatoms. The van der Waals surface area contributed by atoms with Gasteiger partial charge < -0.3 is 5.32 Å². The number of amidine groups is 1. The molecule has 16 heavy (non-hydrogen) atoms. The molecular formula is C11H11BrN2OS. The fourth-order valence-electron chi connectivity index (χ4n) is 1.39. The minimum Gasteiger partial charge on any atom is -0.304 e. The topological polar surface area (TPSA) is 41.5 Å². The molecule has 1 heterocycles. The highest BCUT2D eigenvalue weighted by atomic mass is 79.9. The van der Waals surface area contributed by atoms with Crippen molar-refractivity contribution in [2.75, 3.05) is 0 Å². The fourth-order valence-corrected chi connectivity index (χ4v) is 2.70. The van der Waals surface area contributed by atoms with Gasteiger partial charge in [0.15, 0.2) is 5.17 Å². The van der Waals surface area contributed by atoms with Crippen molar-refractivity contribution in [2.45, 2.75) is 18.6 Å². The van der Waals surface area contributed by atoms with E-state index in [2.05, 4.69) is 26.2 Å². The first-order chi connectivity index (χ1) is 7.69. The van der Waals surface area contributed by atoms with Crippen LogP contribution in [0.4, 0.5) is 5.69 Å². The zero-order valence-electron chi connectivity index (χ0n) is 8.74. The first-order valence-electron chi connectivity index (χ1n) is 5.01. The Morgan fingerprint density at radius 2 is 2.38 bits per heavy atom. The van der Waals surface area contributed by atoms with Crippen molar-refractivity contribution >= 4 is 44.5 Å². The van der Waals surface area contributed by atoms with Crippen molar-refractivity contribution in [3.8, 4) is 0 Å². The monoisotopic (exact) mass is 298 g/mol. The Kier molecular flexibility index (Phi) is 3.66. The molecule has 1 saturated heterocycles. The number of carbonyl (C=O) groups is 1. The predicted molar refractivity (Wildman–Crippen MR) is 71.0 cm³/mol. The molecule has 0 unspecified atom stereocenters. The summed E-state index contributed by atoms with van der Waals surface area (Å²) < 4.78 is 0.982. The molecule has 0 bridgehead atoms. The van der Waals surface area contributed by atoms with Gasteiger partial charge in [-0.25, -0.2) is 4.99 Å². The van der Waals surface area contributed by atoms with Gasteiger partial charge in [-0.05, 0) is 24.6 Å². The number of benzene rings is 1.